The third kappa shape index (κ3) is 4.06. The van der Waals surface area contributed by atoms with Gasteiger partial charge >= 0.3 is 5.97 Å². The summed E-state index contributed by atoms with van der Waals surface area (Å²) in [7, 11) is 0. The minimum Gasteiger partial charge on any atom is -0.482 e. The van der Waals surface area contributed by atoms with Crippen LogP contribution in [0.5, 0.6) is 5.75 Å². The normalized spacial score (nSPS) is 8.45. The quantitative estimate of drug-likeness (QED) is 0.771. The minimum absolute atomic E-state index is 0.189. The second-order valence-electron chi connectivity index (χ2n) is 3.42. The maximum absolute atomic E-state index is 10.4. The number of nitriles is 3. The molecule has 1 aromatic carbocycles. The summed E-state index contributed by atoms with van der Waals surface area (Å²) in [4.78, 5) is 10.4. The molecule has 0 aliphatic carbocycles. The number of nitrogens with zero attached hydrogens (tertiary/aromatic N) is 3. The number of hydrogen-bond donors (Lipinski definition) is 2. The number of ether oxygens (including phenoxy) is 1. The number of carbonyl (C=O) groups is 1. The van der Waals surface area contributed by atoms with E-state index < -0.39 is 12.6 Å². The first-order valence-electron chi connectivity index (χ1n) is 5.27. The van der Waals surface area contributed by atoms with Gasteiger partial charge in [0.15, 0.2) is 12.2 Å². The van der Waals surface area contributed by atoms with Gasteiger partial charge < -0.3 is 15.2 Å². The summed E-state index contributed by atoms with van der Waals surface area (Å²) in [6.07, 6.45) is 0. The molecule has 0 aromatic heterocycles. The van der Waals surface area contributed by atoms with Crippen molar-refractivity contribution in [2.24, 2.45) is 0 Å². The van der Waals surface area contributed by atoms with Crippen LogP contribution in [0.15, 0.2) is 35.5 Å². The summed E-state index contributed by atoms with van der Waals surface area (Å²) < 4.78 is 4.97. The zero-order valence-corrected chi connectivity index (χ0v) is 10.1. The van der Waals surface area contributed by atoms with Crippen molar-refractivity contribution in [1.82, 2.24) is 0 Å². The van der Waals surface area contributed by atoms with Crippen molar-refractivity contribution in [2.45, 2.75) is 0 Å². The average Bonchev–Trinajstić information content (AvgIpc) is 2.45. The second kappa shape index (κ2) is 7.05. The molecule has 0 radical (unpaired) electrons. The number of hydrogen-bond acceptors (Lipinski definition) is 6. The second-order valence-corrected chi connectivity index (χ2v) is 3.42. The first-order valence-corrected chi connectivity index (χ1v) is 5.27. The molecule has 0 aliphatic heterocycles. The molecule has 7 heteroatoms. The highest BCUT2D eigenvalue weighted by Gasteiger charge is 2.07. The predicted molar refractivity (Wildman–Crippen MR) is 67.1 cm³/mol. The van der Waals surface area contributed by atoms with E-state index in [4.69, 9.17) is 25.6 Å². The van der Waals surface area contributed by atoms with E-state index in [1.807, 2.05) is 0 Å². The highest BCUT2D eigenvalue weighted by molar-refractivity contribution is 5.68. The van der Waals surface area contributed by atoms with Crippen LogP contribution in [0.4, 0.5) is 5.69 Å². The van der Waals surface area contributed by atoms with Gasteiger partial charge in [-0.05, 0) is 12.1 Å². The zero-order valence-electron chi connectivity index (χ0n) is 10.1. The maximum Gasteiger partial charge on any atom is 0.341 e. The molecule has 0 aliphatic rings. The third-order valence-electron chi connectivity index (χ3n) is 2.05. The first kappa shape index (κ1) is 14.6. The number of allylic oxidation sites excluding steroid dienone is 2. The van der Waals surface area contributed by atoms with Crippen LogP contribution in [0.2, 0.25) is 0 Å². The largest absolute Gasteiger partial charge is 0.482 e. The van der Waals surface area contributed by atoms with E-state index in [1.54, 1.807) is 36.4 Å². The van der Waals surface area contributed by atoms with Gasteiger partial charge in [-0.2, -0.15) is 15.8 Å². The molecule has 98 valence electrons. The molecule has 0 saturated carbocycles. The van der Waals surface area contributed by atoms with Gasteiger partial charge in [-0.25, -0.2) is 4.79 Å². The van der Waals surface area contributed by atoms with Crippen molar-refractivity contribution >= 4 is 11.7 Å². The molecule has 0 bridgehead atoms. The molecule has 0 saturated heterocycles. The number of rotatable bonds is 5. The molecule has 0 unspecified atom stereocenters. The van der Waals surface area contributed by atoms with Crippen LogP contribution in [-0.4, -0.2) is 17.7 Å². The number of carboxylic acid groups (broad SMARTS) is 1. The standard InChI is InChI=1S/C13H8N4O3/c14-5-9(6-15)12(7-16)17-10-2-1-3-11(4-10)20-8-13(18)19/h1-4,17H,8H2,(H,18,19). The third-order valence-corrected chi connectivity index (χ3v) is 2.05. The van der Waals surface area contributed by atoms with Gasteiger partial charge in [-0.15, -0.1) is 0 Å². The van der Waals surface area contributed by atoms with Gasteiger partial charge in [0.25, 0.3) is 0 Å². The van der Waals surface area contributed by atoms with Crippen molar-refractivity contribution in [3.05, 3.63) is 35.5 Å². The van der Waals surface area contributed by atoms with Crippen LogP contribution in [0, 0.1) is 34.0 Å². The maximum atomic E-state index is 10.4. The van der Waals surface area contributed by atoms with Gasteiger partial charge in [0, 0.05) is 11.8 Å². The Hall–Kier alpha value is -3.50. The van der Waals surface area contributed by atoms with Crippen LogP contribution in [0.1, 0.15) is 0 Å². The Morgan fingerprint density at radius 1 is 1.25 bits per heavy atom. The molecular weight excluding hydrogens is 260 g/mol. The van der Waals surface area contributed by atoms with Gasteiger partial charge in [-0.3, -0.25) is 0 Å². The van der Waals surface area contributed by atoms with Gasteiger partial charge in [0.05, 0.1) is 0 Å². The fourth-order valence-electron chi connectivity index (χ4n) is 1.24. The Bertz CT molecular complexity index is 658. The SMILES string of the molecule is N#CC(C#N)=C(C#N)Nc1cccc(OCC(=O)O)c1. The van der Waals surface area contributed by atoms with Gasteiger partial charge in [0.2, 0.25) is 0 Å². The summed E-state index contributed by atoms with van der Waals surface area (Å²) in [6.45, 7) is -0.494. The van der Waals surface area contributed by atoms with Crippen LogP contribution in [-0.2, 0) is 4.79 Å². The summed E-state index contributed by atoms with van der Waals surface area (Å²) in [5, 5.41) is 37.4. The predicted octanol–water partition coefficient (Wildman–Crippen LogP) is 1.39. The zero-order chi connectivity index (χ0) is 15.0. The average molecular weight is 268 g/mol. The fraction of sp³-hybridized carbons (Fsp3) is 0.0769. The van der Waals surface area contributed by atoms with Crippen LogP contribution < -0.4 is 10.1 Å². The molecular formula is C13H8N4O3. The number of benzene rings is 1. The summed E-state index contributed by atoms with van der Waals surface area (Å²) >= 11 is 0. The molecule has 1 rings (SSSR count). The van der Waals surface area contributed by atoms with Crippen molar-refractivity contribution in [3.8, 4) is 24.0 Å². The number of anilines is 1. The van der Waals surface area contributed by atoms with Crippen molar-refractivity contribution in [3.63, 3.8) is 0 Å². The molecule has 0 heterocycles. The van der Waals surface area contributed by atoms with E-state index in [9.17, 15) is 4.79 Å². The Morgan fingerprint density at radius 2 is 1.95 bits per heavy atom. The molecule has 0 amide bonds. The lowest BCUT2D eigenvalue weighted by Crippen LogP contribution is -2.09. The van der Waals surface area contributed by atoms with Crippen LogP contribution in [0.25, 0.3) is 0 Å². The van der Waals surface area contributed by atoms with Gasteiger partial charge in [0.1, 0.15) is 29.7 Å². The topological polar surface area (TPSA) is 130 Å². The smallest absolute Gasteiger partial charge is 0.341 e. The van der Waals surface area contributed by atoms with E-state index in [1.165, 1.54) is 6.07 Å². The van der Waals surface area contributed by atoms with Crippen molar-refractivity contribution in [1.29, 1.82) is 15.8 Å². The lowest BCUT2D eigenvalue weighted by molar-refractivity contribution is -0.139. The molecule has 20 heavy (non-hydrogen) atoms. The Labute approximate surface area is 114 Å². The molecule has 7 nitrogen and oxygen atoms in total. The fourth-order valence-corrected chi connectivity index (χ4v) is 1.24. The monoisotopic (exact) mass is 268 g/mol. The molecule has 1 aromatic rings. The summed E-state index contributed by atoms with van der Waals surface area (Å²) in [5.41, 5.74) is -0.137. The molecule has 0 spiro atoms. The van der Waals surface area contributed by atoms with Crippen molar-refractivity contribution < 1.29 is 14.6 Å². The Morgan fingerprint density at radius 3 is 2.50 bits per heavy atom. The summed E-state index contributed by atoms with van der Waals surface area (Å²) in [6, 6.07) is 11.1. The van der Waals surface area contributed by atoms with E-state index >= 15 is 0 Å². The lowest BCUT2D eigenvalue weighted by atomic mass is 10.2. The highest BCUT2D eigenvalue weighted by atomic mass is 16.5. The number of aliphatic carboxylic acids is 1. The minimum atomic E-state index is -1.11. The highest BCUT2D eigenvalue weighted by Crippen LogP contribution is 2.19. The molecule has 2 N–H and O–H groups in total. The number of carboxylic acids is 1. The molecule has 0 fully saturated rings. The first-order chi connectivity index (χ1) is 9.60. The van der Waals surface area contributed by atoms with E-state index in [0.717, 1.165) is 0 Å². The lowest BCUT2D eigenvalue weighted by Gasteiger charge is -2.07. The van der Waals surface area contributed by atoms with E-state index in [-0.39, 0.29) is 17.0 Å². The van der Waals surface area contributed by atoms with Crippen LogP contribution >= 0.6 is 0 Å². The number of nitrogens with one attached hydrogen (secondary N) is 1. The Kier molecular flexibility index (Phi) is 5.13. The molecule has 0 atom stereocenters. The van der Waals surface area contributed by atoms with Crippen LogP contribution in [0.3, 0.4) is 0 Å². The Balaban J connectivity index is 2.94. The van der Waals surface area contributed by atoms with Gasteiger partial charge in [-0.1, -0.05) is 6.07 Å². The van der Waals surface area contributed by atoms with E-state index in [0.29, 0.717) is 5.69 Å². The van der Waals surface area contributed by atoms with E-state index in [2.05, 4.69) is 5.32 Å². The van der Waals surface area contributed by atoms with Crippen molar-refractivity contribution in [2.75, 3.05) is 11.9 Å². The summed E-state index contributed by atoms with van der Waals surface area (Å²) in [5.74, 6) is -0.831.